The molecule has 1 aliphatic heterocycles. The fraction of sp³-hybridized carbons (Fsp3) is 0.261. The number of hydrogen-bond donors (Lipinski definition) is 0. The van der Waals surface area contributed by atoms with Gasteiger partial charge >= 0.3 is 6.09 Å². The number of carbonyl (C=O) groups is 2. The zero-order chi connectivity index (χ0) is 20.6. The summed E-state index contributed by atoms with van der Waals surface area (Å²) in [6.07, 6.45) is 2.31. The summed E-state index contributed by atoms with van der Waals surface area (Å²) in [4.78, 5) is 32.2. The third-order valence-electron chi connectivity index (χ3n) is 5.60. The van der Waals surface area contributed by atoms with Crippen molar-refractivity contribution in [2.24, 2.45) is 0 Å². The van der Waals surface area contributed by atoms with Crippen molar-refractivity contribution in [3.63, 3.8) is 0 Å². The molecule has 1 aliphatic rings. The zero-order valence-electron chi connectivity index (χ0n) is 16.6. The molecule has 6 nitrogen and oxygen atoms in total. The second kappa shape index (κ2) is 7.20. The number of hydrogen-bond acceptors (Lipinski definition) is 4. The quantitative estimate of drug-likeness (QED) is 0.675. The van der Waals surface area contributed by atoms with Gasteiger partial charge in [0.15, 0.2) is 0 Å². The number of imide groups is 1. The molecule has 0 aliphatic carbocycles. The van der Waals surface area contributed by atoms with Crippen LogP contribution in [0.25, 0.3) is 0 Å². The third kappa shape index (κ3) is 3.10. The molecule has 2 amide bonds. The average molecular weight is 389 g/mol. The van der Waals surface area contributed by atoms with Crippen LogP contribution in [0.2, 0.25) is 0 Å². The second-order valence-electron chi connectivity index (χ2n) is 7.49. The van der Waals surface area contributed by atoms with Gasteiger partial charge < -0.3 is 9.30 Å². The van der Waals surface area contributed by atoms with Crippen molar-refractivity contribution in [1.29, 1.82) is 0 Å². The Morgan fingerprint density at radius 3 is 2.28 bits per heavy atom. The van der Waals surface area contributed by atoms with E-state index < -0.39 is 23.8 Å². The lowest BCUT2D eigenvalue weighted by molar-refractivity contribution is -0.135. The predicted molar refractivity (Wildman–Crippen MR) is 108 cm³/mol. The van der Waals surface area contributed by atoms with Crippen molar-refractivity contribution in [3.8, 4) is 0 Å². The molecule has 1 fully saturated rings. The lowest BCUT2D eigenvalue weighted by Crippen LogP contribution is -2.52. The van der Waals surface area contributed by atoms with Crippen molar-refractivity contribution in [1.82, 2.24) is 14.5 Å². The Labute approximate surface area is 169 Å². The van der Waals surface area contributed by atoms with Gasteiger partial charge in [-0.15, -0.1) is 0 Å². The Bertz CT molecular complexity index is 1030. The molecule has 6 heteroatoms. The van der Waals surface area contributed by atoms with E-state index in [-0.39, 0.29) is 5.91 Å². The van der Waals surface area contributed by atoms with Gasteiger partial charge in [-0.1, -0.05) is 60.7 Å². The monoisotopic (exact) mass is 389 g/mol. The average Bonchev–Trinajstić information content (AvgIpc) is 3.31. The Morgan fingerprint density at radius 2 is 1.69 bits per heavy atom. The number of benzene rings is 2. The lowest BCUT2D eigenvalue weighted by Gasteiger charge is -2.34. The number of ether oxygens (including phenoxy) is 1. The zero-order valence-corrected chi connectivity index (χ0v) is 16.6. The molecule has 2 heterocycles. The number of aryl methyl sites for hydroxylation is 1. The SMILES string of the molecule is Cc1cn([C@@](C)(C(=O)N2C(=O)O[C@@H](c3ccccc3)[C@H]2C)c2ccccc2)cn1. The van der Waals surface area contributed by atoms with Crippen molar-refractivity contribution in [2.75, 3.05) is 0 Å². The molecule has 4 rings (SSSR count). The molecule has 1 saturated heterocycles. The van der Waals surface area contributed by atoms with Crippen LogP contribution in [0.4, 0.5) is 4.79 Å². The third-order valence-corrected chi connectivity index (χ3v) is 5.60. The Hall–Kier alpha value is -3.41. The van der Waals surface area contributed by atoms with Gasteiger partial charge in [0.1, 0.15) is 11.6 Å². The molecule has 0 spiro atoms. The van der Waals surface area contributed by atoms with Crippen LogP contribution in [0.1, 0.15) is 36.8 Å². The molecule has 0 N–H and O–H groups in total. The minimum absolute atomic E-state index is 0.350. The molecule has 0 radical (unpaired) electrons. The van der Waals surface area contributed by atoms with Gasteiger partial charge in [0, 0.05) is 6.20 Å². The summed E-state index contributed by atoms with van der Waals surface area (Å²) in [5, 5.41) is 0. The number of rotatable bonds is 4. The maximum Gasteiger partial charge on any atom is 0.417 e. The van der Waals surface area contributed by atoms with Gasteiger partial charge in [-0.2, -0.15) is 0 Å². The first kappa shape index (κ1) is 18.9. The van der Waals surface area contributed by atoms with E-state index in [4.69, 9.17) is 4.74 Å². The van der Waals surface area contributed by atoms with Crippen LogP contribution in [0, 0.1) is 6.92 Å². The first-order valence-corrected chi connectivity index (χ1v) is 9.58. The van der Waals surface area contributed by atoms with E-state index in [9.17, 15) is 9.59 Å². The van der Waals surface area contributed by atoms with Crippen molar-refractivity contribution < 1.29 is 14.3 Å². The Balaban J connectivity index is 1.76. The highest BCUT2D eigenvalue weighted by molar-refractivity contribution is 5.99. The number of nitrogens with zero attached hydrogens (tertiary/aromatic N) is 3. The molecule has 3 atom stereocenters. The number of carbonyl (C=O) groups excluding carboxylic acids is 2. The van der Waals surface area contributed by atoms with Crippen LogP contribution in [-0.4, -0.2) is 32.5 Å². The summed E-state index contributed by atoms with van der Waals surface area (Å²) in [7, 11) is 0. The van der Waals surface area contributed by atoms with Crippen LogP contribution >= 0.6 is 0 Å². The van der Waals surface area contributed by atoms with E-state index >= 15 is 0 Å². The molecular weight excluding hydrogens is 366 g/mol. The lowest BCUT2D eigenvalue weighted by atomic mass is 9.89. The van der Waals surface area contributed by atoms with Gasteiger partial charge in [0.2, 0.25) is 0 Å². The number of cyclic esters (lactones) is 1. The Morgan fingerprint density at radius 1 is 1.07 bits per heavy atom. The van der Waals surface area contributed by atoms with Gasteiger partial charge in [0.05, 0.1) is 18.1 Å². The van der Waals surface area contributed by atoms with E-state index in [1.165, 1.54) is 4.90 Å². The number of imidazole rings is 1. The molecule has 29 heavy (non-hydrogen) atoms. The number of amides is 2. The van der Waals surface area contributed by atoms with Crippen LogP contribution in [0.15, 0.2) is 73.2 Å². The van der Waals surface area contributed by atoms with Crippen molar-refractivity contribution in [2.45, 2.75) is 38.5 Å². The normalized spacial score (nSPS) is 20.9. The largest absolute Gasteiger partial charge is 0.439 e. The summed E-state index contributed by atoms with van der Waals surface area (Å²) in [6.45, 7) is 5.51. The topological polar surface area (TPSA) is 64.4 Å². The van der Waals surface area contributed by atoms with Crippen molar-refractivity contribution in [3.05, 3.63) is 90.0 Å². The van der Waals surface area contributed by atoms with E-state index in [2.05, 4.69) is 4.98 Å². The van der Waals surface area contributed by atoms with Gasteiger partial charge in [-0.25, -0.2) is 14.7 Å². The van der Waals surface area contributed by atoms with Crippen molar-refractivity contribution >= 4 is 12.0 Å². The molecular formula is C23H23N3O3. The summed E-state index contributed by atoms with van der Waals surface area (Å²) in [5.41, 5.74) is 1.29. The van der Waals surface area contributed by atoms with E-state index in [0.29, 0.717) is 0 Å². The number of aromatic nitrogens is 2. The van der Waals surface area contributed by atoms with Gasteiger partial charge in [-0.05, 0) is 31.9 Å². The van der Waals surface area contributed by atoms with E-state index in [0.717, 1.165) is 16.8 Å². The highest BCUT2D eigenvalue weighted by Gasteiger charge is 2.50. The maximum absolute atomic E-state index is 13.9. The Kier molecular flexibility index (Phi) is 4.70. The van der Waals surface area contributed by atoms with Crippen LogP contribution in [0.5, 0.6) is 0 Å². The highest BCUT2D eigenvalue weighted by atomic mass is 16.6. The van der Waals surface area contributed by atoms with Crippen LogP contribution in [-0.2, 0) is 15.1 Å². The first-order chi connectivity index (χ1) is 13.9. The minimum Gasteiger partial charge on any atom is -0.439 e. The molecule has 1 aromatic heterocycles. The van der Waals surface area contributed by atoms with E-state index in [1.54, 1.807) is 10.9 Å². The summed E-state index contributed by atoms with van der Waals surface area (Å²) < 4.78 is 7.37. The maximum atomic E-state index is 13.9. The molecule has 3 aromatic rings. The summed E-state index contributed by atoms with van der Waals surface area (Å²) in [5.74, 6) is -0.350. The van der Waals surface area contributed by atoms with E-state index in [1.807, 2.05) is 87.6 Å². The molecule has 2 aromatic carbocycles. The summed E-state index contributed by atoms with van der Waals surface area (Å²) in [6, 6.07) is 18.5. The van der Waals surface area contributed by atoms with Crippen LogP contribution in [0.3, 0.4) is 0 Å². The second-order valence-corrected chi connectivity index (χ2v) is 7.49. The standard InChI is InChI=1S/C23H23N3O3/c1-16-14-25(15-24-16)23(3,19-12-8-5-9-13-19)21(27)26-17(2)20(29-22(26)28)18-10-6-4-7-11-18/h4-15,17,20H,1-3H3/t17-,20-,23-/m1/s1. The van der Waals surface area contributed by atoms with Gasteiger partial charge in [0.25, 0.3) is 5.91 Å². The molecule has 0 unspecified atom stereocenters. The van der Waals surface area contributed by atoms with Gasteiger partial charge in [-0.3, -0.25) is 4.79 Å². The highest BCUT2D eigenvalue weighted by Crippen LogP contribution is 2.37. The smallest absolute Gasteiger partial charge is 0.417 e. The first-order valence-electron chi connectivity index (χ1n) is 9.58. The predicted octanol–water partition coefficient (Wildman–Crippen LogP) is 4.06. The fourth-order valence-corrected chi connectivity index (χ4v) is 3.87. The molecule has 0 bridgehead atoms. The fourth-order valence-electron chi connectivity index (χ4n) is 3.87. The molecule has 0 saturated carbocycles. The summed E-state index contributed by atoms with van der Waals surface area (Å²) >= 11 is 0. The molecule has 148 valence electrons. The van der Waals surface area contributed by atoms with Crippen LogP contribution < -0.4 is 0 Å². The minimum atomic E-state index is -1.14.